The molecular formula is C25H28N6O2S2. The lowest BCUT2D eigenvalue weighted by molar-refractivity contribution is 0.130. The van der Waals surface area contributed by atoms with Gasteiger partial charge in [-0.25, -0.2) is 20.6 Å². The van der Waals surface area contributed by atoms with Gasteiger partial charge in [0.2, 0.25) is 0 Å². The first-order chi connectivity index (χ1) is 16.9. The van der Waals surface area contributed by atoms with Crippen LogP contribution in [0.2, 0.25) is 0 Å². The number of amidine groups is 1. The molecule has 1 heterocycles. The summed E-state index contributed by atoms with van der Waals surface area (Å²) in [4.78, 5) is 27.3. The third kappa shape index (κ3) is 6.91. The van der Waals surface area contributed by atoms with Crippen molar-refractivity contribution in [2.45, 2.75) is 42.9 Å². The number of ether oxygens (including phenoxy) is 1. The van der Waals surface area contributed by atoms with Gasteiger partial charge in [-0.2, -0.15) is 0 Å². The lowest BCUT2D eigenvalue weighted by Gasteiger charge is -2.09. The molecule has 1 aliphatic carbocycles. The maximum atomic E-state index is 11.8. The highest BCUT2D eigenvalue weighted by atomic mass is 32.2. The maximum Gasteiger partial charge on any atom is 0.411 e. The van der Waals surface area contributed by atoms with Crippen LogP contribution >= 0.6 is 23.1 Å². The molecule has 4 rings (SSSR count). The molecule has 0 unspecified atom stereocenters. The van der Waals surface area contributed by atoms with E-state index in [1.54, 1.807) is 24.6 Å². The molecule has 3 aromatic rings. The summed E-state index contributed by atoms with van der Waals surface area (Å²) in [6.45, 7) is 3.63. The number of nitrogens with two attached hydrogens (primary N) is 1. The number of benzene rings is 2. The van der Waals surface area contributed by atoms with Gasteiger partial charge >= 0.3 is 6.09 Å². The number of aromatic nitrogens is 1. The standard InChI is InChI=1S/C25H28N6O2S2/c1-15(2)33-25(32)30-17-6-4-16(5-7-17)24-28-13-22(35-24)20-11-8-18(29-23(31-26)14-27-3)12-21(20)34-19-9-10-19/h4-8,11-15,19H,9-10,26H2,1-3H3,(H,29,31)(H,30,32). The summed E-state index contributed by atoms with van der Waals surface area (Å²) in [6.07, 6.45) is 5.33. The topological polar surface area (TPSA) is 114 Å². The van der Waals surface area contributed by atoms with E-state index in [2.05, 4.69) is 37.8 Å². The summed E-state index contributed by atoms with van der Waals surface area (Å²) in [5, 5.41) is 4.29. The Hall–Kier alpha value is -3.21. The molecule has 1 amide bonds. The fourth-order valence-corrected chi connectivity index (χ4v) is 5.45. The number of thioether (sulfide) groups is 1. The van der Waals surface area contributed by atoms with Gasteiger partial charge in [0.15, 0.2) is 5.84 Å². The van der Waals surface area contributed by atoms with Crippen LogP contribution in [0.1, 0.15) is 26.7 Å². The summed E-state index contributed by atoms with van der Waals surface area (Å²) < 4.78 is 5.13. The van der Waals surface area contributed by atoms with Gasteiger partial charge in [0.05, 0.1) is 22.9 Å². The average Bonchev–Trinajstić information content (AvgIpc) is 3.51. The van der Waals surface area contributed by atoms with Gasteiger partial charge in [0.1, 0.15) is 5.01 Å². The fourth-order valence-electron chi connectivity index (χ4n) is 3.20. The molecule has 0 bridgehead atoms. The predicted octanol–water partition coefficient (Wildman–Crippen LogP) is 5.88. The minimum absolute atomic E-state index is 0.170. The number of anilines is 1. The number of carbonyl (C=O) groups is 1. The first kappa shape index (κ1) is 24.9. The molecule has 1 saturated carbocycles. The van der Waals surface area contributed by atoms with E-state index in [4.69, 9.17) is 10.6 Å². The van der Waals surface area contributed by atoms with Crippen molar-refractivity contribution in [1.29, 1.82) is 0 Å². The number of hydrazine groups is 1. The van der Waals surface area contributed by atoms with Crippen LogP contribution in [0.4, 0.5) is 16.2 Å². The van der Waals surface area contributed by atoms with Crippen molar-refractivity contribution in [3.05, 3.63) is 48.7 Å². The Bertz CT molecular complexity index is 1230. The van der Waals surface area contributed by atoms with Crippen molar-refractivity contribution in [2.75, 3.05) is 12.4 Å². The van der Waals surface area contributed by atoms with Crippen LogP contribution in [0, 0.1) is 0 Å². The van der Waals surface area contributed by atoms with E-state index < -0.39 is 6.09 Å². The molecule has 0 saturated heterocycles. The Morgan fingerprint density at radius 3 is 2.69 bits per heavy atom. The molecule has 1 fully saturated rings. The summed E-state index contributed by atoms with van der Waals surface area (Å²) in [7, 11) is 1.68. The molecule has 10 heteroatoms. The van der Waals surface area contributed by atoms with E-state index >= 15 is 0 Å². The normalized spacial score (nSPS) is 13.9. The van der Waals surface area contributed by atoms with E-state index in [9.17, 15) is 4.79 Å². The largest absolute Gasteiger partial charge is 0.447 e. The number of aliphatic imine (C=N–C) groups is 2. The molecule has 0 spiro atoms. The monoisotopic (exact) mass is 508 g/mol. The second-order valence-corrected chi connectivity index (χ2v) is 10.6. The molecule has 0 aliphatic heterocycles. The number of carbonyl (C=O) groups excluding carboxylic acids is 1. The number of hydrogen-bond acceptors (Lipinski definition) is 8. The van der Waals surface area contributed by atoms with Crippen molar-refractivity contribution < 1.29 is 9.53 Å². The number of rotatable bonds is 8. The van der Waals surface area contributed by atoms with Crippen LogP contribution in [-0.2, 0) is 4.74 Å². The predicted molar refractivity (Wildman–Crippen MR) is 146 cm³/mol. The van der Waals surface area contributed by atoms with Gasteiger partial charge < -0.3 is 10.2 Å². The number of nitrogens with zero attached hydrogens (tertiary/aromatic N) is 3. The van der Waals surface area contributed by atoms with Crippen molar-refractivity contribution in [3.8, 4) is 21.0 Å². The smallest absolute Gasteiger partial charge is 0.411 e. The Morgan fingerprint density at radius 2 is 2.03 bits per heavy atom. The van der Waals surface area contributed by atoms with Gasteiger partial charge in [0.25, 0.3) is 0 Å². The number of nitrogens with one attached hydrogen (secondary N) is 2. The zero-order chi connectivity index (χ0) is 24.8. The van der Waals surface area contributed by atoms with Gasteiger partial charge in [-0.1, -0.05) is 6.07 Å². The van der Waals surface area contributed by atoms with E-state index in [0.29, 0.717) is 16.8 Å². The molecular weight excluding hydrogens is 480 g/mol. The van der Waals surface area contributed by atoms with Crippen molar-refractivity contribution >= 4 is 52.6 Å². The quantitative estimate of drug-likeness (QED) is 0.151. The Kier molecular flexibility index (Phi) is 8.17. The van der Waals surface area contributed by atoms with Crippen molar-refractivity contribution in [1.82, 2.24) is 10.4 Å². The Labute approximate surface area is 213 Å². The van der Waals surface area contributed by atoms with Gasteiger partial charge in [-0.05, 0) is 63.1 Å². The second kappa shape index (κ2) is 11.5. The summed E-state index contributed by atoms with van der Waals surface area (Å²) in [5.41, 5.74) is 6.19. The van der Waals surface area contributed by atoms with Crippen LogP contribution in [0.3, 0.4) is 0 Å². The zero-order valence-electron chi connectivity index (χ0n) is 19.8. The van der Waals surface area contributed by atoms with Crippen LogP contribution in [0.15, 0.2) is 63.5 Å². The Balaban J connectivity index is 1.56. The van der Waals surface area contributed by atoms with Gasteiger partial charge in [0, 0.05) is 40.2 Å². The van der Waals surface area contributed by atoms with E-state index in [-0.39, 0.29) is 6.10 Å². The van der Waals surface area contributed by atoms with Crippen molar-refractivity contribution in [3.63, 3.8) is 0 Å². The minimum Gasteiger partial charge on any atom is -0.447 e. The molecule has 182 valence electrons. The molecule has 35 heavy (non-hydrogen) atoms. The lowest BCUT2D eigenvalue weighted by Crippen LogP contribution is -2.31. The summed E-state index contributed by atoms with van der Waals surface area (Å²) in [6, 6.07) is 13.7. The highest BCUT2D eigenvalue weighted by Crippen LogP contribution is 2.45. The van der Waals surface area contributed by atoms with E-state index in [0.717, 1.165) is 26.7 Å². The summed E-state index contributed by atoms with van der Waals surface area (Å²) in [5.74, 6) is 6.05. The van der Waals surface area contributed by atoms with Gasteiger partial charge in [-0.3, -0.25) is 10.3 Å². The molecule has 1 aliphatic rings. The minimum atomic E-state index is -0.464. The molecule has 0 radical (unpaired) electrons. The van der Waals surface area contributed by atoms with E-state index in [1.165, 1.54) is 17.7 Å². The number of hydrogen-bond donors (Lipinski definition) is 3. The molecule has 4 N–H and O–H groups in total. The molecule has 1 aromatic heterocycles. The average molecular weight is 509 g/mol. The third-order valence-corrected chi connectivity index (χ3v) is 7.40. The molecule has 8 nitrogen and oxygen atoms in total. The van der Waals surface area contributed by atoms with Crippen LogP contribution < -0.4 is 16.6 Å². The SMILES string of the molecule is CN=CC(=Nc1ccc(-c2cnc(-c3ccc(NC(=O)OC(C)C)cc3)s2)c(SC2CC2)c1)NN. The van der Waals surface area contributed by atoms with Crippen LogP contribution in [-0.4, -0.2) is 41.5 Å². The first-order valence-electron chi connectivity index (χ1n) is 11.3. The second-order valence-electron chi connectivity index (χ2n) is 8.21. The highest BCUT2D eigenvalue weighted by molar-refractivity contribution is 8.00. The molecule has 2 aromatic carbocycles. The Morgan fingerprint density at radius 1 is 1.26 bits per heavy atom. The highest BCUT2D eigenvalue weighted by Gasteiger charge is 2.24. The van der Waals surface area contributed by atoms with E-state index in [1.807, 2.05) is 62.1 Å². The first-order valence-corrected chi connectivity index (χ1v) is 13.0. The maximum absolute atomic E-state index is 11.8. The van der Waals surface area contributed by atoms with Crippen LogP contribution in [0.25, 0.3) is 21.0 Å². The van der Waals surface area contributed by atoms with Crippen LogP contribution in [0.5, 0.6) is 0 Å². The summed E-state index contributed by atoms with van der Waals surface area (Å²) >= 11 is 3.52. The third-order valence-electron chi connectivity index (χ3n) is 4.92. The zero-order valence-corrected chi connectivity index (χ0v) is 21.5. The fraction of sp³-hybridized carbons (Fsp3) is 0.280. The van der Waals surface area contributed by atoms with Gasteiger partial charge in [-0.15, -0.1) is 23.1 Å². The lowest BCUT2D eigenvalue weighted by atomic mass is 10.2. The van der Waals surface area contributed by atoms with Crippen molar-refractivity contribution in [2.24, 2.45) is 15.8 Å². The molecule has 0 atom stereocenters. The number of thiazole rings is 1. The number of amides is 1.